The molecule has 0 aromatic heterocycles. The zero-order valence-corrected chi connectivity index (χ0v) is 25.6. The van der Waals surface area contributed by atoms with Gasteiger partial charge in [-0.05, 0) is 71.1 Å². The van der Waals surface area contributed by atoms with E-state index in [4.69, 9.17) is 4.65 Å². The molecule has 7 rings (SSSR count). The van der Waals surface area contributed by atoms with Crippen LogP contribution in [0.5, 0.6) is 5.75 Å². The molecule has 226 valence electrons. The van der Waals surface area contributed by atoms with Crippen molar-refractivity contribution in [3.8, 4) is 5.75 Å². The summed E-state index contributed by atoms with van der Waals surface area (Å²) >= 11 is 0. The monoisotopic (exact) mass is 596 g/mol. The van der Waals surface area contributed by atoms with Gasteiger partial charge in [-0.15, -0.1) is 0 Å². The van der Waals surface area contributed by atoms with E-state index in [9.17, 15) is 19.7 Å². The summed E-state index contributed by atoms with van der Waals surface area (Å²) in [5.41, 5.74) is 6.55. The van der Waals surface area contributed by atoms with Crippen LogP contribution in [0.15, 0.2) is 102 Å². The highest BCUT2D eigenvalue weighted by Gasteiger charge is 2.53. The van der Waals surface area contributed by atoms with Crippen molar-refractivity contribution in [2.24, 2.45) is 23.7 Å². The minimum Gasteiger partial charge on any atom is -0.507 e. The molecule has 1 aliphatic heterocycles. The van der Waals surface area contributed by atoms with Crippen molar-refractivity contribution in [1.29, 1.82) is 0 Å². The van der Waals surface area contributed by atoms with Crippen LogP contribution in [0, 0.1) is 23.7 Å². The Balaban J connectivity index is 1.27. The number of Topliss-reactive ketones (excluding diaryl/α,β-unsaturated/α-hetero) is 2. The zero-order chi connectivity index (χ0) is 31.2. The molecule has 45 heavy (non-hydrogen) atoms. The van der Waals surface area contributed by atoms with Crippen LogP contribution in [-0.2, 0) is 4.65 Å². The van der Waals surface area contributed by atoms with Gasteiger partial charge >= 0.3 is 7.12 Å². The first-order chi connectivity index (χ1) is 21.8. The summed E-state index contributed by atoms with van der Waals surface area (Å²) in [6.45, 7) is 4.30. The third kappa shape index (κ3) is 5.26. The molecule has 0 saturated carbocycles. The lowest BCUT2D eigenvalue weighted by atomic mass is 9.53. The average molecular weight is 597 g/mol. The van der Waals surface area contributed by atoms with Crippen LogP contribution < -0.4 is 0 Å². The van der Waals surface area contributed by atoms with Gasteiger partial charge in [0, 0.05) is 28.3 Å². The van der Waals surface area contributed by atoms with Crippen LogP contribution in [0.2, 0.25) is 6.32 Å². The second-order valence-corrected chi connectivity index (χ2v) is 13.0. The number of fused-ring (bicyclic) bond motifs is 5. The minimum atomic E-state index is -1.01. The highest BCUT2D eigenvalue weighted by Crippen LogP contribution is 2.52. The first-order valence-corrected chi connectivity index (χ1v) is 16.0. The molecule has 4 aromatic carbocycles. The second-order valence-electron chi connectivity index (χ2n) is 13.0. The summed E-state index contributed by atoms with van der Waals surface area (Å²) in [6, 6.07) is 29.0. The lowest BCUT2D eigenvalue weighted by Crippen LogP contribution is -2.51. The lowest BCUT2D eigenvalue weighted by Gasteiger charge is -2.48. The van der Waals surface area contributed by atoms with E-state index in [1.165, 1.54) is 5.57 Å². The van der Waals surface area contributed by atoms with Crippen molar-refractivity contribution in [1.82, 2.24) is 0 Å². The maximum Gasteiger partial charge on any atom is 0.455 e. The molecule has 2 aliphatic carbocycles. The molecular formula is C39H37BO5. The molecule has 0 bridgehead atoms. The van der Waals surface area contributed by atoms with Gasteiger partial charge in [-0.25, -0.2) is 0 Å². The second kappa shape index (κ2) is 11.9. The van der Waals surface area contributed by atoms with E-state index in [1.54, 1.807) is 18.2 Å². The van der Waals surface area contributed by atoms with Gasteiger partial charge in [0.25, 0.3) is 0 Å². The number of hydrogen-bond acceptors (Lipinski definition) is 5. The zero-order valence-electron chi connectivity index (χ0n) is 25.6. The summed E-state index contributed by atoms with van der Waals surface area (Å²) in [7, 11) is -1.01. The number of ketones is 2. The molecule has 4 aromatic rings. The van der Waals surface area contributed by atoms with Crippen molar-refractivity contribution < 1.29 is 24.4 Å². The number of rotatable bonds is 6. The Morgan fingerprint density at radius 3 is 2.27 bits per heavy atom. The molecule has 0 amide bonds. The summed E-state index contributed by atoms with van der Waals surface area (Å²) in [5, 5.41) is 23.3. The largest absolute Gasteiger partial charge is 0.507 e. The SMILES string of the molecule is CC(C)C1=C2[C@@H](CC/C(=C/c3ccc(O)c4ccccc34)c3ccccc3)OB(O)C[C@@H]2[C@@H]2C(=O)c3ccccc3C(=O)[C@@H]2C1. The number of hydrogen-bond donors (Lipinski definition) is 2. The van der Waals surface area contributed by atoms with Gasteiger partial charge < -0.3 is 14.8 Å². The van der Waals surface area contributed by atoms with Crippen LogP contribution in [0.25, 0.3) is 22.4 Å². The highest BCUT2D eigenvalue weighted by molar-refractivity contribution is 6.43. The molecular weight excluding hydrogens is 559 g/mol. The van der Waals surface area contributed by atoms with E-state index in [1.807, 2.05) is 60.7 Å². The van der Waals surface area contributed by atoms with Crippen LogP contribution >= 0.6 is 0 Å². The van der Waals surface area contributed by atoms with Crippen LogP contribution in [0.4, 0.5) is 0 Å². The molecule has 6 heteroatoms. The lowest BCUT2D eigenvalue weighted by molar-refractivity contribution is 0.0594. The van der Waals surface area contributed by atoms with Crippen molar-refractivity contribution in [2.45, 2.75) is 45.5 Å². The first kappa shape index (κ1) is 29.5. The Kier molecular flexibility index (Phi) is 7.80. The Hall–Kier alpha value is -4.26. The third-order valence-corrected chi connectivity index (χ3v) is 10.1. The standard InChI is InChI=1S/C39H37BO5/c1-23(2)31-21-32-37(39(43)30-15-9-8-14-29(30)38(32)42)33-22-40(44)45-35(36(31)33)19-17-25(24-10-4-3-5-11-24)20-26-16-18-34(41)28-13-7-6-12-27(26)28/h3-16,18,20,23,32-33,35,37,41,44H,17,19,21-22H2,1-2H3/b25-20-/t32-,33+,35-,37-/m1/s1. The van der Waals surface area contributed by atoms with Gasteiger partial charge in [-0.2, -0.15) is 0 Å². The Labute approximate surface area is 264 Å². The number of allylic oxidation sites excluding steroid dienone is 2. The predicted molar refractivity (Wildman–Crippen MR) is 179 cm³/mol. The average Bonchev–Trinajstić information content (AvgIpc) is 3.06. The maximum absolute atomic E-state index is 14.0. The normalized spacial score (nSPS) is 23.3. The van der Waals surface area contributed by atoms with Gasteiger partial charge in [-0.3, -0.25) is 9.59 Å². The predicted octanol–water partition coefficient (Wildman–Crippen LogP) is 8.03. The van der Waals surface area contributed by atoms with Gasteiger partial charge in [0.15, 0.2) is 11.6 Å². The van der Waals surface area contributed by atoms with Crippen LogP contribution in [0.3, 0.4) is 0 Å². The summed E-state index contributed by atoms with van der Waals surface area (Å²) in [5.74, 6) is -0.660. The number of aromatic hydroxyl groups is 1. The van der Waals surface area contributed by atoms with Crippen molar-refractivity contribution >= 4 is 41.1 Å². The fourth-order valence-corrected chi connectivity index (χ4v) is 8.01. The smallest absolute Gasteiger partial charge is 0.455 e. The van der Waals surface area contributed by atoms with Gasteiger partial charge in [0.05, 0.1) is 6.10 Å². The number of carbonyl (C=O) groups excluding carboxylic acids is 2. The molecule has 1 heterocycles. The fourth-order valence-electron chi connectivity index (χ4n) is 8.01. The molecule has 1 fully saturated rings. The van der Waals surface area contributed by atoms with E-state index < -0.39 is 19.0 Å². The molecule has 4 atom stereocenters. The minimum absolute atomic E-state index is 0.0115. The van der Waals surface area contributed by atoms with E-state index in [0.29, 0.717) is 36.7 Å². The molecule has 0 unspecified atom stereocenters. The van der Waals surface area contributed by atoms with E-state index in [-0.39, 0.29) is 35.3 Å². The first-order valence-electron chi connectivity index (χ1n) is 16.0. The quantitative estimate of drug-likeness (QED) is 0.134. The summed E-state index contributed by atoms with van der Waals surface area (Å²) < 4.78 is 6.31. The summed E-state index contributed by atoms with van der Waals surface area (Å²) in [6.07, 6.45) is 3.95. The van der Waals surface area contributed by atoms with E-state index >= 15 is 0 Å². The number of phenols is 1. The van der Waals surface area contributed by atoms with Crippen molar-refractivity contribution in [3.05, 3.63) is 124 Å². The Morgan fingerprint density at radius 1 is 0.867 bits per heavy atom. The van der Waals surface area contributed by atoms with Crippen molar-refractivity contribution in [2.75, 3.05) is 0 Å². The molecule has 5 nitrogen and oxygen atoms in total. The molecule has 0 radical (unpaired) electrons. The molecule has 1 saturated heterocycles. The number of carbonyl (C=O) groups is 2. The van der Waals surface area contributed by atoms with Crippen LogP contribution in [-0.4, -0.2) is 34.9 Å². The highest BCUT2D eigenvalue weighted by atomic mass is 16.5. The van der Waals surface area contributed by atoms with E-state index in [0.717, 1.165) is 33.0 Å². The molecule has 0 spiro atoms. The molecule has 2 N–H and O–H groups in total. The van der Waals surface area contributed by atoms with Gasteiger partial charge in [0.1, 0.15) is 5.75 Å². The van der Waals surface area contributed by atoms with Crippen molar-refractivity contribution in [3.63, 3.8) is 0 Å². The molecule has 3 aliphatic rings. The number of benzene rings is 4. The topological polar surface area (TPSA) is 83.8 Å². The van der Waals surface area contributed by atoms with Crippen LogP contribution in [0.1, 0.15) is 65.0 Å². The Morgan fingerprint density at radius 2 is 1.53 bits per heavy atom. The van der Waals surface area contributed by atoms with E-state index in [2.05, 4.69) is 32.1 Å². The maximum atomic E-state index is 14.0. The number of phenolic OH excluding ortho intramolecular Hbond substituents is 1. The van der Waals surface area contributed by atoms with Gasteiger partial charge in [-0.1, -0.05) is 110 Å². The summed E-state index contributed by atoms with van der Waals surface area (Å²) in [4.78, 5) is 27.8. The Bertz CT molecular complexity index is 1860. The van der Waals surface area contributed by atoms with Gasteiger partial charge in [0.2, 0.25) is 0 Å². The third-order valence-electron chi connectivity index (χ3n) is 10.1. The fraction of sp³-hybridized carbons (Fsp3) is 0.282.